The van der Waals surface area contributed by atoms with E-state index in [4.69, 9.17) is 0 Å². The molecule has 0 unspecified atom stereocenters. The molecule has 0 aliphatic heterocycles. The monoisotopic (exact) mass is 325 g/mol. The first-order valence-corrected chi connectivity index (χ1v) is 7.61. The lowest BCUT2D eigenvalue weighted by Crippen LogP contribution is -2.44. The van der Waals surface area contributed by atoms with Gasteiger partial charge in [0.1, 0.15) is 5.41 Å². The molecule has 1 aromatic rings. The van der Waals surface area contributed by atoms with Crippen LogP contribution in [0.25, 0.3) is 0 Å². The highest BCUT2D eigenvalue weighted by Crippen LogP contribution is 2.60. The second-order valence-corrected chi connectivity index (χ2v) is 7.07. The zero-order valence-corrected chi connectivity index (χ0v) is 13.0. The Kier molecular flexibility index (Phi) is 3.36. The second-order valence-electron chi connectivity index (χ2n) is 7.07. The van der Waals surface area contributed by atoms with Crippen LogP contribution >= 0.6 is 0 Å². The minimum Gasteiger partial charge on any atom is -0.325 e. The molecular formula is C17H18F3NO2. The van der Waals surface area contributed by atoms with Gasteiger partial charge in [-0.15, -0.1) is 0 Å². The maximum atomic E-state index is 13.0. The molecule has 1 N–H and O–H groups in total. The number of halogens is 3. The minimum absolute atomic E-state index is 0.124. The fourth-order valence-corrected chi connectivity index (χ4v) is 4.06. The topological polar surface area (TPSA) is 46.2 Å². The van der Waals surface area contributed by atoms with E-state index in [0.29, 0.717) is 12.8 Å². The summed E-state index contributed by atoms with van der Waals surface area (Å²) in [7, 11) is 0. The number of amides is 1. The van der Waals surface area contributed by atoms with Crippen LogP contribution in [0.5, 0.6) is 0 Å². The van der Waals surface area contributed by atoms with Gasteiger partial charge in [-0.05, 0) is 37.3 Å². The fourth-order valence-electron chi connectivity index (χ4n) is 4.06. The van der Waals surface area contributed by atoms with Crippen molar-refractivity contribution in [2.45, 2.75) is 39.3 Å². The summed E-state index contributed by atoms with van der Waals surface area (Å²) >= 11 is 0. The number of Topliss-reactive ketones (excluding diaryl/α,β-unsaturated/α-hetero) is 1. The molecule has 124 valence electrons. The number of hydrogen-bond donors (Lipinski definition) is 1. The summed E-state index contributed by atoms with van der Waals surface area (Å²) in [4.78, 5) is 25.3. The smallest absolute Gasteiger partial charge is 0.325 e. The van der Waals surface area contributed by atoms with E-state index in [-0.39, 0.29) is 17.4 Å². The van der Waals surface area contributed by atoms with Gasteiger partial charge in [-0.2, -0.15) is 13.2 Å². The van der Waals surface area contributed by atoms with Crippen LogP contribution in [-0.2, 0) is 15.8 Å². The van der Waals surface area contributed by atoms with Crippen LogP contribution in [-0.4, -0.2) is 11.7 Å². The Balaban J connectivity index is 1.91. The Morgan fingerprint density at radius 1 is 1.26 bits per heavy atom. The van der Waals surface area contributed by atoms with E-state index < -0.39 is 28.5 Å². The minimum atomic E-state index is -4.56. The van der Waals surface area contributed by atoms with Crippen LogP contribution in [0.4, 0.5) is 18.9 Å². The highest BCUT2D eigenvalue weighted by molar-refractivity contribution is 6.15. The van der Waals surface area contributed by atoms with Crippen molar-refractivity contribution in [3.8, 4) is 0 Å². The summed E-state index contributed by atoms with van der Waals surface area (Å²) in [5.74, 6) is -0.630. The molecule has 3 nitrogen and oxygen atoms in total. The summed E-state index contributed by atoms with van der Waals surface area (Å²) < 4.78 is 39.1. The number of anilines is 1. The molecule has 1 amide bonds. The Morgan fingerprint density at radius 3 is 2.48 bits per heavy atom. The first-order valence-electron chi connectivity index (χ1n) is 7.61. The Morgan fingerprint density at radius 2 is 1.91 bits per heavy atom. The number of fused-ring (bicyclic) bond motifs is 2. The fraction of sp³-hybridized carbons (Fsp3) is 0.529. The van der Waals surface area contributed by atoms with Gasteiger partial charge in [-0.3, -0.25) is 9.59 Å². The van der Waals surface area contributed by atoms with E-state index in [0.717, 1.165) is 12.5 Å². The average molecular weight is 325 g/mol. The molecular weight excluding hydrogens is 307 g/mol. The number of ketones is 1. The van der Waals surface area contributed by atoms with Crippen molar-refractivity contribution in [3.05, 3.63) is 29.8 Å². The van der Waals surface area contributed by atoms with Crippen molar-refractivity contribution in [1.29, 1.82) is 0 Å². The molecule has 2 aliphatic rings. The molecule has 2 fully saturated rings. The van der Waals surface area contributed by atoms with Crippen molar-refractivity contribution in [1.82, 2.24) is 0 Å². The number of carbonyl (C=O) groups excluding carboxylic acids is 2. The lowest BCUT2D eigenvalue weighted by atomic mass is 9.70. The summed E-state index contributed by atoms with van der Waals surface area (Å²) in [6.07, 6.45) is -2.95. The molecule has 0 heterocycles. The molecule has 1 aromatic carbocycles. The summed E-state index contributed by atoms with van der Waals surface area (Å²) in [5.41, 5.74) is -2.95. The molecule has 0 spiro atoms. The molecule has 2 aliphatic carbocycles. The van der Waals surface area contributed by atoms with Crippen LogP contribution < -0.4 is 5.32 Å². The lowest BCUT2D eigenvalue weighted by Gasteiger charge is -2.32. The largest absolute Gasteiger partial charge is 0.418 e. The number of carbonyl (C=O) groups is 2. The van der Waals surface area contributed by atoms with Crippen molar-refractivity contribution in [2.75, 3.05) is 5.32 Å². The van der Waals surface area contributed by atoms with Crippen molar-refractivity contribution < 1.29 is 22.8 Å². The normalized spacial score (nSPS) is 28.9. The summed E-state index contributed by atoms with van der Waals surface area (Å²) in [5, 5.41) is 2.37. The Hall–Kier alpha value is -1.85. The maximum absolute atomic E-state index is 13.0. The van der Waals surface area contributed by atoms with Crippen LogP contribution in [0.3, 0.4) is 0 Å². The number of benzene rings is 1. The van der Waals surface area contributed by atoms with Crippen molar-refractivity contribution >= 4 is 17.4 Å². The number of rotatable bonds is 2. The molecule has 0 saturated heterocycles. The first kappa shape index (κ1) is 16.0. The number of alkyl halides is 3. The van der Waals surface area contributed by atoms with Gasteiger partial charge in [0.05, 0.1) is 11.3 Å². The molecule has 6 heteroatoms. The van der Waals surface area contributed by atoms with Gasteiger partial charge in [-0.1, -0.05) is 26.0 Å². The van der Waals surface area contributed by atoms with Crippen molar-refractivity contribution in [2.24, 2.45) is 16.7 Å². The van der Waals surface area contributed by atoms with E-state index >= 15 is 0 Å². The predicted octanol–water partition coefficient (Wildman–Crippen LogP) is 4.04. The van der Waals surface area contributed by atoms with E-state index in [1.807, 2.05) is 13.8 Å². The van der Waals surface area contributed by atoms with Gasteiger partial charge in [0.2, 0.25) is 5.91 Å². The van der Waals surface area contributed by atoms with E-state index in [1.165, 1.54) is 18.2 Å². The lowest BCUT2D eigenvalue weighted by molar-refractivity contribution is -0.142. The Bertz CT molecular complexity index is 681. The van der Waals surface area contributed by atoms with Crippen LogP contribution in [0.2, 0.25) is 0 Å². The summed E-state index contributed by atoms with van der Waals surface area (Å²) in [6.45, 7) is 3.63. The van der Waals surface area contributed by atoms with Gasteiger partial charge < -0.3 is 5.32 Å². The van der Waals surface area contributed by atoms with Gasteiger partial charge in [0, 0.05) is 5.41 Å². The van der Waals surface area contributed by atoms with Gasteiger partial charge in [0.25, 0.3) is 0 Å². The predicted molar refractivity (Wildman–Crippen MR) is 78.6 cm³/mol. The number of hydrogen-bond acceptors (Lipinski definition) is 2. The quantitative estimate of drug-likeness (QED) is 0.834. The number of para-hydroxylation sites is 1. The molecule has 0 radical (unpaired) electrons. The molecule has 0 aromatic heterocycles. The zero-order valence-electron chi connectivity index (χ0n) is 13.0. The second kappa shape index (κ2) is 4.82. The van der Waals surface area contributed by atoms with Crippen molar-refractivity contribution in [3.63, 3.8) is 0 Å². The first-order chi connectivity index (χ1) is 10.6. The van der Waals surface area contributed by atoms with Crippen LogP contribution in [0, 0.1) is 16.7 Å². The van der Waals surface area contributed by atoms with Gasteiger partial charge in [0.15, 0.2) is 5.78 Å². The highest BCUT2D eigenvalue weighted by Gasteiger charge is 2.65. The van der Waals surface area contributed by atoms with Crippen LogP contribution in [0.1, 0.15) is 38.7 Å². The highest BCUT2D eigenvalue weighted by atomic mass is 19.4. The van der Waals surface area contributed by atoms with Gasteiger partial charge in [-0.25, -0.2) is 0 Å². The maximum Gasteiger partial charge on any atom is 0.418 e. The zero-order chi connectivity index (χ0) is 17.0. The number of nitrogens with one attached hydrogen (secondary N) is 1. The molecule has 3 rings (SSSR count). The molecule has 2 saturated carbocycles. The van der Waals surface area contributed by atoms with Gasteiger partial charge >= 0.3 is 6.18 Å². The Labute approximate surface area is 132 Å². The third-order valence-corrected chi connectivity index (χ3v) is 5.47. The standard InChI is InChI=1S/C17H18F3NO2/c1-15(2)10-7-8-16(9-10,13(15)22)14(23)21-12-6-4-3-5-11(12)17(18,19)20/h3-6,10H,7-9H2,1-2H3,(H,21,23)/t10-,16+/m1/s1. The SMILES string of the molecule is CC1(C)C(=O)[C@]2(C(=O)Nc3ccccc3C(F)(F)F)CC[C@@H]1C2. The molecule has 23 heavy (non-hydrogen) atoms. The third kappa shape index (κ3) is 2.26. The summed E-state index contributed by atoms with van der Waals surface area (Å²) in [6, 6.07) is 4.84. The molecule has 2 atom stereocenters. The molecule has 2 bridgehead atoms. The van der Waals surface area contributed by atoms with E-state index in [2.05, 4.69) is 5.32 Å². The third-order valence-electron chi connectivity index (χ3n) is 5.47. The van der Waals surface area contributed by atoms with E-state index in [9.17, 15) is 22.8 Å². The average Bonchev–Trinajstić information content (AvgIpc) is 2.99. The van der Waals surface area contributed by atoms with Crippen LogP contribution in [0.15, 0.2) is 24.3 Å². The van der Waals surface area contributed by atoms with E-state index in [1.54, 1.807) is 0 Å².